The minimum absolute atomic E-state index is 0.0691. The molecule has 2 amide bonds. The van der Waals surface area contributed by atoms with Gasteiger partial charge in [0, 0.05) is 24.6 Å². The van der Waals surface area contributed by atoms with E-state index in [0.717, 1.165) is 38.0 Å². The van der Waals surface area contributed by atoms with Gasteiger partial charge in [0.25, 0.3) is 0 Å². The van der Waals surface area contributed by atoms with Crippen LogP contribution in [0.15, 0.2) is 43.0 Å². The van der Waals surface area contributed by atoms with E-state index in [4.69, 9.17) is 4.74 Å². The first-order valence-electron chi connectivity index (χ1n) is 10.00. The summed E-state index contributed by atoms with van der Waals surface area (Å²) in [6, 6.07) is 7.11. The van der Waals surface area contributed by atoms with Crippen molar-refractivity contribution in [3.05, 3.63) is 43.0 Å². The zero-order valence-electron chi connectivity index (χ0n) is 17.0. The lowest BCUT2D eigenvalue weighted by atomic mass is 10.1. The molecule has 1 saturated carbocycles. The number of nitrogens with one attached hydrogen (secondary N) is 2. The van der Waals surface area contributed by atoms with Crippen LogP contribution in [0.25, 0.3) is 0 Å². The Labute approximate surface area is 171 Å². The van der Waals surface area contributed by atoms with Gasteiger partial charge < -0.3 is 24.8 Å². The standard InChI is InChI=1S/C21H29N5O3/c1-25(2)12-4-14-29-17-9-7-16(8-10-17)23-20(27)21(28)24-18-5-3-6-19(18)26-13-11-22-15-26/h7-11,13,15,18-19H,3-6,12,14H2,1-2H3,(H,23,27)(H,24,28)/t18-,19-/m1/s1. The largest absolute Gasteiger partial charge is 0.494 e. The Bertz CT molecular complexity index is 789. The lowest BCUT2D eigenvalue weighted by Crippen LogP contribution is -2.43. The number of carbonyl (C=O) groups is 2. The maximum absolute atomic E-state index is 12.3. The molecular formula is C21H29N5O3. The monoisotopic (exact) mass is 399 g/mol. The number of aromatic nitrogens is 2. The number of benzene rings is 1. The van der Waals surface area contributed by atoms with Crippen molar-refractivity contribution in [3.63, 3.8) is 0 Å². The minimum Gasteiger partial charge on any atom is -0.494 e. The Morgan fingerprint density at radius 1 is 1.21 bits per heavy atom. The number of imidazole rings is 1. The Morgan fingerprint density at radius 3 is 2.69 bits per heavy atom. The number of carbonyl (C=O) groups excluding carboxylic acids is 2. The molecule has 156 valence electrons. The molecule has 1 aliphatic carbocycles. The van der Waals surface area contributed by atoms with Crippen molar-refractivity contribution in [3.8, 4) is 5.75 Å². The topological polar surface area (TPSA) is 88.5 Å². The van der Waals surface area contributed by atoms with Crippen LogP contribution >= 0.6 is 0 Å². The van der Waals surface area contributed by atoms with Crippen molar-refractivity contribution in [1.82, 2.24) is 19.8 Å². The molecule has 2 aromatic rings. The van der Waals surface area contributed by atoms with Crippen molar-refractivity contribution in [2.45, 2.75) is 37.8 Å². The first-order valence-corrected chi connectivity index (χ1v) is 10.00. The van der Waals surface area contributed by atoms with E-state index in [0.29, 0.717) is 12.3 Å². The molecule has 1 heterocycles. The molecule has 0 bridgehead atoms. The van der Waals surface area contributed by atoms with Crippen molar-refractivity contribution in [2.75, 3.05) is 32.6 Å². The third-order valence-corrected chi connectivity index (χ3v) is 5.04. The summed E-state index contributed by atoms with van der Waals surface area (Å²) in [4.78, 5) is 30.8. The van der Waals surface area contributed by atoms with E-state index in [1.165, 1.54) is 0 Å². The van der Waals surface area contributed by atoms with E-state index in [1.807, 2.05) is 24.9 Å². The number of hydrogen-bond acceptors (Lipinski definition) is 5. The summed E-state index contributed by atoms with van der Waals surface area (Å²) < 4.78 is 7.67. The van der Waals surface area contributed by atoms with Crippen molar-refractivity contribution in [1.29, 1.82) is 0 Å². The normalized spacial score (nSPS) is 18.6. The molecule has 0 aliphatic heterocycles. The van der Waals surface area contributed by atoms with Gasteiger partial charge in [0.2, 0.25) is 0 Å². The Kier molecular flexibility index (Phi) is 7.24. The zero-order chi connectivity index (χ0) is 20.6. The van der Waals surface area contributed by atoms with E-state index in [9.17, 15) is 9.59 Å². The first-order chi connectivity index (χ1) is 14.0. The molecule has 1 aromatic carbocycles. The van der Waals surface area contributed by atoms with Gasteiger partial charge in [-0.1, -0.05) is 0 Å². The predicted molar refractivity (Wildman–Crippen MR) is 111 cm³/mol. The molecule has 0 unspecified atom stereocenters. The summed E-state index contributed by atoms with van der Waals surface area (Å²) >= 11 is 0. The third kappa shape index (κ3) is 6.05. The van der Waals surface area contributed by atoms with E-state index < -0.39 is 11.8 Å². The smallest absolute Gasteiger partial charge is 0.313 e. The Morgan fingerprint density at radius 2 is 2.00 bits per heavy atom. The lowest BCUT2D eigenvalue weighted by molar-refractivity contribution is -0.136. The quantitative estimate of drug-likeness (QED) is 0.524. The average Bonchev–Trinajstić information content (AvgIpc) is 3.37. The van der Waals surface area contributed by atoms with Crippen LogP contribution in [0.5, 0.6) is 5.75 Å². The van der Waals surface area contributed by atoms with Crippen LogP contribution in [0.3, 0.4) is 0 Å². The Balaban J connectivity index is 1.46. The minimum atomic E-state index is -0.666. The summed E-state index contributed by atoms with van der Waals surface area (Å²) in [7, 11) is 4.05. The number of rotatable bonds is 8. The molecule has 1 aliphatic rings. The number of nitrogens with zero attached hydrogens (tertiary/aromatic N) is 3. The van der Waals surface area contributed by atoms with Crippen molar-refractivity contribution < 1.29 is 14.3 Å². The van der Waals surface area contributed by atoms with Gasteiger partial charge in [-0.2, -0.15) is 0 Å². The number of hydrogen-bond donors (Lipinski definition) is 2. The second kappa shape index (κ2) is 10.1. The highest BCUT2D eigenvalue weighted by atomic mass is 16.5. The molecule has 1 aromatic heterocycles. The summed E-state index contributed by atoms with van der Waals surface area (Å²) in [5.74, 6) is -0.549. The molecule has 2 N–H and O–H groups in total. The second-order valence-electron chi connectivity index (χ2n) is 7.57. The fourth-order valence-corrected chi connectivity index (χ4v) is 3.56. The Hall–Kier alpha value is -2.87. The van der Waals surface area contributed by atoms with Crippen LogP contribution < -0.4 is 15.4 Å². The van der Waals surface area contributed by atoms with E-state index in [1.54, 1.807) is 36.8 Å². The highest BCUT2D eigenvalue weighted by Gasteiger charge is 2.31. The van der Waals surface area contributed by atoms with E-state index in [-0.39, 0.29) is 12.1 Å². The van der Waals surface area contributed by atoms with Gasteiger partial charge in [0.1, 0.15) is 5.75 Å². The van der Waals surface area contributed by atoms with Gasteiger partial charge >= 0.3 is 11.8 Å². The van der Waals surface area contributed by atoms with Gasteiger partial charge in [0.05, 0.1) is 25.0 Å². The SMILES string of the molecule is CN(C)CCCOc1ccc(NC(=O)C(=O)N[C@@H]2CCC[C@H]2n2ccnc2)cc1. The van der Waals surface area contributed by atoms with Crippen molar-refractivity contribution >= 4 is 17.5 Å². The first kappa shape index (κ1) is 20.9. The molecule has 2 atom stereocenters. The maximum atomic E-state index is 12.3. The predicted octanol–water partition coefficient (Wildman–Crippen LogP) is 2.06. The van der Waals surface area contributed by atoms with Crippen LogP contribution in [0.2, 0.25) is 0 Å². The van der Waals surface area contributed by atoms with Gasteiger partial charge in [-0.15, -0.1) is 0 Å². The zero-order valence-corrected chi connectivity index (χ0v) is 17.0. The highest BCUT2D eigenvalue weighted by molar-refractivity contribution is 6.39. The van der Waals surface area contributed by atoms with Crippen LogP contribution in [-0.2, 0) is 9.59 Å². The maximum Gasteiger partial charge on any atom is 0.313 e. The molecule has 0 spiro atoms. The van der Waals surface area contributed by atoms with E-state index >= 15 is 0 Å². The number of amides is 2. The van der Waals surface area contributed by atoms with Gasteiger partial charge in [0.15, 0.2) is 0 Å². The van der Waals surface area contributed by atoms with Crippen LogP contribution in [-0.4, -0.2) is 59.6 Å². The van der Waals surface area contributed by atoms with Gasteiger partial charge in [-0.3, -0.25) is 9.59 Å². The molecular weight excluding hydrogens is 370 g/mol. The molecule has 3 rings (SSSR count). The molecule has 8 nitrogen and oxygen atoms in total. The van der Waals surface area contributed by atoms with Crippen LogP contribution in [0.4, 0.5) is 5.69 Å². The van der Waals surface area contributed by atoms with Crippen molar-refractivity contribution in [2.24, 2.45) is 0 Å². The summed E-state index contributed by atoms with van der Waals surface area (Å²) in [6.07, 6.45) is 9.11. The van der Waals surface area contributed by atoms with Crippen LogP contribution in [0.1, 0.15) is 31.7 Å². The molecule has 1 fully saturated rings. The molecule has 8 heteroatoms. The molecule has 29 heavy (non-hydrogen) atoms. The van der Waals surface area contributed by atoms with Gasteiger partial charge in [-0.25, -0.2) is 4.98 Å². The molecule has 0 radical (unpaired) electrons. The second-order valence-corrected chi connectivity index (χ2v) is 7.57. The highest BCUT2D eigenvalue weighted by Crippen LogP contribution is 2.29. The molecule has 0 saturated heterocycles. The summed E-state index contributed by atoms with van der Waals surface area (Å²) in [5, 5.41) is 5.51. The lowest BCUT2D eigenvalue weighted by Gasteiger charge is -2.21. The summed E-state index contributed by atoms with van der Waals surface area (Å²) in [5.41, 5.74) is 0.559. The number of ether oxygens (including phenoxy) is 1. The average molecular weight is 399 g/mol. The fraction of sp³-hybridized carbons (Fsp3) is 0.476. The summed E-state index contributed by atoms with van der Waals surface area (Å²) in [6.45, 7) is 1.59. The van der Waals surface area contributed by atoms with E-state index in [2.05, 4.69) is 20.5 Å². The third-order valence-electron chi connectivity index (χ3n) is 5.04. The van der Waals surface area contributed by atoms with Gasteiger partial charge in [-0.05, 0) is 64.0 Å². The number of anilines is 1. The van der Waals surface area contributed by atoms with Crippen LogP contribution in [0, 0.1) is 0 Å². The fourth-order valence-electron chi connectivity index (χ4n) is 3.56.